The minimum absolute atomic E-state index is 0. The minimum Gasteiger partial charge on any atom is -0.357 e. The number of rotatable bonds is 4. The molecule has 10 aromatic rings. The predicted octanol–water partition coefficient (Wildman–Crippen LogP) is 16.6. The average Bonchev–Trinajstić information content (AvgIpc) is 1.46. The van der Waals surface area contributed by atoms with Gasteiger partial charge in [0.05, 0.1) is 57.8 Å². The molecule has 0 saturated carbocycles. The Morgan fingerprint density at radius 3 is 1.23 bits per heavy atom. The van der Waals surface area contributed by atoms with Crippen molar-refractivity contribution in [1.29, 1.82) is 15.8 Å². The number of nitrogens with one attached hydrogen (secondary N) is 4. The molecule has 0 radical (unpaired) electrons. The zero-order valence-electron chi connectivity index (χ0n) is 50.4. The summed E-state index contributed by atoms with van der Waals surface area (Å²) in [5.74, 6) is 2.87. The average molecular weight is 1290 g/mol. The van der Waals surface area contributed by atoms with E-state index in [2.05, 4.69) is 176 Å². The summed E-state index contributed by atoms with van der Waals surface area (Å²) in [4.78, 5) is 50.5. The Morgan fingerprint density at radius 2 is 0.886 bits per heavy atom. The number of terminal acetylenes is 2. The van der Waals surface area contributed by atoms with Crippen LogP contribution in [0.25, 0.3) is 44.0 Å². The van der Waals surface area contributed by atoms with Crippen LogP contribution < -0.4 is 0 Å². The van der Waals surface area contributed by atoms with Crippen molar-refractivity contribution >= 4 is 80.7 Å². The van der Waals surface area contributed by atoms with Crippen LogP contribution in [-0.4, -0.2) is 55.8 Å². The van der Waals surface area contributed by atoms with Gasteiger partial charge in [0, 0.05) is 97.4 Å². The third-order valence-corrected chi connectivity index (χ3v) is 19.1. The van der Waals surface area contributed by atoms with Crippen LogP contribution in [0.5, 0.6) is 0 Å². The standard InChI is InChI=1S/C23H19N5O.C23H18N2O.C21H17IN2O.C5H10Si.2CH4/c1-4-13-8-16-17(9-15(13)19-11-25-28-27-19)23(2,3)22-20(21(16)29)14-6-5-12(10-24)7-18(14)26-22;1-5-14-10-17-18(11-15(14)6-2)23(3,4)22-20(21(17)26)16-8-7-13(12-24)9-19(16)25-22;1-4-12-8-14-15(9-16(12)22)21(2,3)20-18(19(14)25)13-6-5-11(10-23)7-17(13)24-20;1-5-6(2,3)4;;/h5-9,11,26H,4H2,1-3H3,(H,25,27,28);2,7-11,25H,5H2,1,3-4H3;5-9,24H,4H2,1-3H3;1H,2-4H3;2*1H4. The van der Waals surface area contributed by atoms with Crippen LogP contribution in [-0.2, 0) is 35.5 Å². The number of halogens is 1. The minimum atomic E-state index is -1.10. The lowest BCUT2D eigenvalue weighted by Crippen LogP contribution is -2.30. The summed E-state index contributed by atoms with van der Waals surface area (Å²) in [6, 6.07) is 35.1. The van der Waals surface area contributed by atoms with Crippen LogP contribution in [0.4, 0.5) is 0 Å². The maximum Gasteiger partial charge on any atom is 0.195 e. The predicted molar refractivity (Wildman–Crippen MR) is 365 cm³/mol. The van der Waals surface area contributed by atoms with Crippen LogP contribution >= 0.6 is 22.6 Å². The first kappa shape index (κ1) is 64.6. The number of fused-ring (bicyclic) bond motifs is 12. The molecule has 4 aromatic heterocycles. The Kier molecular flexibility index (Phi) is 17.7. The maximum absolute atomic E-state index is 13.6. The highest BCUT2D eigenvalue weighted by atomic mass is 127. The molecule has 4 heterocycles. The quantitative estimate of drug-likeness (QED) is 0.0754. The smallest absolute Gasteiger partial charge is 0.195 e. The first-order chi connectivity index (χ1) is 40.8. The normalized spacial score (nSPS) is 14.0. The molecular formula is C74H72IN9O3Si. The lowest BCUT2D eigenvalue weighted by atomic mass is 9.70. The number of ketones is 3. The van der Waals surface area contributed by atoms with Gasteiger partial charge in [-0.05, 0) is 148 Å². The fourth-order valence-corrected chi connectivity index (χ4v) is 13.2. The molecule has 4 N–H and O–H groups in total. The number of carbonyl (C=O) groups is 3. The van der Waals surface area contributed by atoms with Crippen LogP contribution in [0.15, 0.2) is 97.2 Å². The van der Waals surface area contributed by atoms with Gasteiger partial charge in [0.15, 0.2) is 17.3 Å². The van der Waals surface area contributed by atoms with E-state index in [4.69, 9.17) is 23.4 Å². The Bertz CT molecular complexity index is 4750. The first-order valence-corrected chi connectivity index (χ1v) is 33.2. The van der Waals surface area contributed by atoms with Gasteiger partial charge < -0.3 is 15.0 Å². The SMILES string of the molecule is C.C.C#C[Si](C)(C)C.C#Cc1cc2c(cc1CC)C(=O)c1c([nH]c3cc(C#N)ccc13)C2(C)C.CCc1cc2c(cc1-c1cn[nH]n1)C(C)(C)c1[nH]c3cc(C#N)ccc3c1C2=O.CCc1cc2c(cc1I)C(C)(C)c1[nH]c3cc(C#N)ccc3c1C2=O. The lowest BCUT2D eigenvalue weighted by Gasteiger charge is -2.33. The Morgan fingerprint density at radius 1 is 0.523 bits per heavy atom. The monoisotopic (exact) mass is 1290 g/mol. The van der Waals surface area contributed by atoms with E-state index in [0.717, 1.165) is 136 Å². The van der Waals surface area contributed by atoms with E-state index in [-0.39, 0.29) is 43.0 Å². The maximum atomic E-state index is 13.6. The van der Waals surface area contributed by atoms with Gasteiger partial charge in [0.25, 0.3) is 0 Å². The highest BCUT2D eigenvalue weighted by molar-refractivity contribution is 14.1. The molecule has 0 atom stereocenters. The summed E-state index contributed by atoms with van der Waals surface area (Å²) in [6.07, 6.45) is 15.0. The molecule has 442 valence electrons. The Hall–Kier alpha value is -9.37. The van der Waals surface area contributed by atoms with Gasteiger partial charge in [-0.25, -0.2) is 0 Å². The van der Waals surface area contributed by atoms with Crippen LogP contribution in [0, 0.1) is 61.9 Å². The van der Waals surface area contributed by atoms with Crippen LogP contribution in [0.1, 0.15) is 198 Å². The van der Waals surface area contributed by atoms with Gasteiger partial charge in [-0.3, -0.25) is 14.4 Å². The van der Waals surface area contributed by atoms with Crippen molar-refractivity contribution < 1.29 is 14.4 Å². The second kappa shape index (κ2) is 24.1. The fourth-order valence-electron chi connectivity index (χ4n) is 12.3. The van der Waals surface area contributed by atoms with Gasteiger partial charge in [-0.2, -0.15) is 31.2 Å². The molecule has 0 spiro atoms. The third-order valence-electron chi connectivity index (χ3n) is 17.2. The third kappa shape index (κ3) is 10.8. The van der Waals surface area contributed by atoms with E-state index >= 15 is 0 Å². The summed E-state index contributed by atoms with van der Waals surface area (Å²) in [6.45, 7) is 25.4. The van der Waals surface area contributed by atoms with Gasteiger partial charge in [0.2, 0.25) is 0 Å². The molecule has 6 aromatic carbocycles. The largest absolute Gasteiger partial charge is 0.357 e. The molecule has 0 aliphatic heterocycles. The van der Waals surface area contributed by atoms with Crippen LogP contribution in [0.2, 0.25) is 19.6 Å². The number of hydrogen-bond donors (Lipinski definition) is 4. The van der Waals surface area contributed by atoms with Gasteiger partial charge in [0.1, 0.15) is 13.8 Å². The number of aromatic amines is 4. The molecule has 0 bridgehead atoms. The summed E-state index contributed by atoms with van der Waals surface area (Å²) in [5, 5.41) is 41.0. The first-order valence-electron chi connectivity index (χ1n) is 28.6. The number of aromatic nitrogens is 6. The van der Waals surface area contributed by atoms with Crippen molar-refractivity contribution in [3.05, 3.63) is 207 Å². The highest BCUT2D eigenvalue weighted by Gasteiger charge is 2.43. The van der Waals surface area contributed by atoms with Crippen molar-refractivity contribution in [2.75, 3.05) is 0 Å². The van der Waals surface area contributed by atoms with E-state index in [0.29, 0.717) is 27.8 Å². The molecule has 3 aliphatic rings. The highest BCUT2D eigenvalue weighted by Crippen LogP contribution is 2.48. The number of benzene rings is 6. The molecule has 0 fully saturated rings. The van der Waals surface area contributed by atoms with E-state index < -0.39 is 13.5 Å². The number of nitrogens with zero attached hydrogens (tertiary/aromatic N) is 5. The van der Waals surface area contributed by atoms with Gasteiger partial charge >= 0.3 is 0 Å². The second-order valence-electron chi connectivity index (χ2n) is 24.7. The Balaban J connectivity index is 0.000000162. The molecule has 0 unspecified atom stereocenters. The summed E-state index contributed by atoms with van der Waals surface area (Å²) < 4.78 is 1.20. The second-order valence-corrected chi connectivity index (χ2v) is 30.6. The Labute approximate surface area is 530 Å². The van der Waals surface area contributed by atoms with E-state index in [1.807, 2.05) is 49.4 Å². The number of nitriles is 3. The van der Waals surface area contributed by atoms with E-state index in [1.165, 1.54) is 9.13 Å². The molecular weight excluding hydrogens is 1220 g/mol. The molecule has 0 saturated heterocycles. The topological polar surface area (TPSA) is 212 Å². The molecule has 12 nitrogen and oxygen atoms in total. The molecule has 3 aliphatic carbocycles. The summed E-state index contributed by atoms with van der Waals surface area (Å²) in [7, 11) is -1.10. The number of carbonyl (C=O) groups excluding carboxylic acids is 3. The lowest BCUT2D eigenvalue weighted by molar-refractivity contribution is 0.102. The van der Waals surface area contributed by atoms with Gasteiger partial charge in [-0.15, -0.1) is 18.4 Å². The van der Waals surface area contributed by atoms with Crippen LogP contribution in [0.3, 0.4) is 0 Å². The number of H-pyrrole nitrogens is 4. The zero-order chi connectivity index (χ0) is 62.1. The van der Waals surface area contributed by atoms with Crippen molar-refractivity contribution in [2.24, 2.45) is 0 Å². The molecule has 14 heteroatoms. The summed E-state index contributed by atoms with van der Waals surface area (Å²) in [5.41, 5.74) is 21.9. The molecule has 13 rings (SSSR count). The van der Waals surface area contributed by atoms with Crippen molar-refractivity contribution in [2.45, 2.75) is 132 Å². The van der Waals surface area contributed by atoms with Crippen molar-refractivity contribution in [1.82, 2.24) is 30.4 Å². The molecule has 0 amide bonds. The zero-order valence-corrected chi connectivity index (χ0v) is 53.5. The van der Waals surface area contributed by atoms with Crippen molar-refractivity contribution in [3.8, 4) is 53.8 Å². The van der Waals surface area contributed by atoms with Gasteiger partial charge in [-0.1, -0.05) is 121 Å². The van der Waals surface area contributed by atoms with E-state index in [1.54, 1.807) is 36.5 Å². The van der Waals surface area contributed by atoms with E-state index in [9.17, 15) is 19.6 Å². The molecule has 88 heavy (non-hydrogen) atoms. The summed E-state index contributed by atoms with van der Waals surface area (Å²) >= 11 is 2.36. The number of aryl methyl sites for hydroxylation is 3. The number of hydrogen-bond acceptors (Lipinski definition) is 8. The van der Waals surface area contributed by atoms with Crippen molar-refractivity contribution in [3.63, 3.8) is 0 Å². The fraction of sp³-hybridized carbons (Fsp3) is 0.270.